The first kappa shape index (κ1) is 25.2. The Kier molecular flexibility index (Phi) is 8.28. The van der Waals surface area contributed by atoms with E-state index in [0.29, 0.717) is 9.87 Å². The van der Waals surface area contributed by atoms with Crippen molar-refractivity contribution in [3.8, 4) is 0 Å². The van der Waals surface area contributed by atoms with Crippen LogP contribution in [-0.4, -0.2) is 63.2 Å². The van der Waals surface area contributed by atoms with Crippen LogP contribution in [0.2, 0.25) is 0 Å². The van der Waals surface area contributed by atoms with Crippen LogP contribution in [0, 0.1) is 11.6 Å². The van der Waals surface area contributed by atoms with Gasteiger partial charge in [-0.05, 0) is 36.8 Å². The molecule has 0 fully saturated rings. The molecule has 174 valence electrons. The summed E-state index contributed by atoms with van der Waals surface area (Å²) in [6, 6.07) is 9.55. The summed E-state index contributed by atoms with van der Waals surface area (Å²) in [6.07, 6.45) is 0. The van der Waals surface area contributed by atoms with Crippen LogP contribution in [0.4, 0.5) is 14.5 Å². The maximum Gasteiger partial charge on any atom is 0.304 e. The van der Waals surface area contributed by atoms with Crippen molar-refractivity contribution >= 4 is 27.7 Å². The third-order valence-electron chi connectivity index (χ3n) is 4.82. The number of hydrogen-bond acceptors (Lipinski definition) is 4. The predicted molar refractivity (Wildman–Crippen MR) is 117 cm³/mol. The van der Waals surface area contributed by atoms with E-state index in [1.165, 1.54) is 70.5 Å². The predicted octanol–water partition coefficient (Wildman–Crippen LogP) is 1.74. The molecule has 2 rings (SSSR count). The molecule has 0 saturated heterocycles. The van der Waals surface area contributed by atoms with E-state index >= 15 is 0 Å². The molecule has 2 amide bonds. The molecular formula is C21H26F2N4O4S. The lowest BCUT2D eigenvalue weighted by Gasteiger charge is -2.32. The number of carbonyl (C=O) groups is 2. The highest BCUT2D eigenvalue weighted by molar-refractivity contribution is 7.90. The Morgan fingerprint density at radius 1 is 1.03 bits per heavy atom. The maximum atomic E-state index is 14.5. The number of anilines is 1. The number of likely N-dealkylation sites (N-methyl/N-ethyl adjacent to an activating group) is 1. The number of rotatable bonds is 9. The average molecular weight is 469 g/mol. The lowest BCUT2D eigenvalue weighted by Crippen LogP contribution is -2.52. The first-order valence-electron chi connectivity index (χ1n) is 9.69. The summed E-state index contributed by atoms with van der Waals surface area (Å²) in [6.45, 7) is 0.652. The van der Waals surface area contributed by atoms with E-state index in [9.17, 15) is 26.8 Å². The minimum Gasteiger partial charge on any atom is -0.357 e. The fraction of sp³-hybridized carbons (Fsp3) is 0.333. The molecule has 1 atom stereocenters. The van der Waals surface area contributed by atoms with Crippen molar-refractivity contribution in [3.05, 3.63) is 65.7 Å². The van der Waals surface area contributed by atoms with Crippen LogP contribution in [0.25, 0.3) is 0 Å². The number of carbonyl (C=O) groups excluding carboxylic acids is 2. The average Bonchev–Trinajstić information content (AvgIpc) is 2.76. The van der Waals surface area contributed by atoms with Crippen LogP contribution in [0.15, 0.2) is 48.5 Å². The minimum absolute atomic E-state index is 0.0825. The van der Waals surface area contributed by atoms with Gasteiger partial charge in [0.25, 0.3) is 0 Å². The van der Waals surface area contributed by atoms with E-state index in [2.05, 4.69) is 5.32 Å². The van der Waals surface area contributed by atoms with Crippen molar-refractivity contribution < 1.29 is 26.8 Å². The molecule has 0 aliphatic rings. The van der Waals surface area contributed by atoms with Gasteiger partial charge in [0.2, 0.25) is 11.8 Å². The van der Waals surface area contributed by atoms with E-state index in [1.54, 1.807) is 0 Å². The van der Waals surface area contributed by atoms with Crippen LogP contribution in [-0.2, 0) is 26.3 Å². The Hall–Kier alpha value is -3.05. The van der Waals surface area contributed by atoms with E-state index in [-0.39, 0.29) is 12.2 Å². The number of para-hydroxylation sites is 1. The topological polar surface area (TPSA) is 90.0 Å². The van der Waals surface area contributed by atoms with Gasteiger partial charge in [-0.3, -0.25) is 9.59 Å². The largest absolute Gasteiger partial charge is 0.357 e. The van der Waals surface area contributed by atoms with E-state index in [1.807, 2.05) is 0 Å². The second-order valence-corrected chi connectivity index (χ2v) is 9.25. The van der Waals surface area contributed by atoms with Gasteiger partial charge < -0.3 is 10.2 Å². The molecule has 32 heavy (non-hydrogen) atoms. The lowest BCUT2D eigenvalue weighted by molar-refractivity contribution is -0.139. The molecule has 11 heteroatoms. The summed E-state index contributed by atoms with van der Waals surface area (Å²) >= 11 is 0. The molecule has 0 bridgehead atoms. The highest BCUT2D eigenvalue weighted by Crippen LogP contribution is 2.23. The molecule has 0 unspecified atom stereocenters. The third kappa shape index (κ3) is 5.80. The van der Waals surface area contributed by atoms with E-state index < -0.39 is 46.2 Å². The molecule has 2 aromatic rings. The summed E-state index contributed by atoms with van der Waals surface area (Å²) in [5.74, 6) is -2.50. The SMILES string of the molecule is CNC(=O)[C@@H](C)N(Cc1ccc(F)cc1)C(=O)CN(c1ccccc1F)S(=O)(=O)N(C)C. The Balaban J connectivity index is 2.45. The van der Waals surface area contributed by atoms with Crippen LogP contribution in [0.5, 0.6) is 0 Å². The van der Waals surface area contributed by atoms with Gasteiger partial charge in [0.05, 0.1) is 5.69 Å². The van der Waals surface area contributed by atoms with Gasteiger partial charge in [0.1, 0.15) is 24.2 Å². The highest BCUT2D eigenvalue weighted by Gasteiger charge is 2.33. The fourth-order valence-corrected chi connectivity index (χ4v) is 4.00. The lowest BCUT2D eigenvalue weighted by atomic mass is 10.1. The first-order valence-corrected chi connectivity index (χ1v) is 11.1. The number of nitrogens with zero attached hydrogens (tertiary/aromatic N) is 3. The molecule has 0 heterocycles. The van der Waals surface area contributed by atoms with Crippen LogP contribution in [0.3, 0.4) is 0 Å². The zero-order valence-corrected chi connectivity index (χ0v) is 19.1. The van der Waals surface area contributed by atoms with Gasteiger partial charge in [-0.25, -0.2) is 13.1 Å². The van der Waals surface area contributed by atoms with Crippen molar-refractivity contribution in [1.82, 2.24) is 14.5 Å². The number of nitrogens with one attached hydrogen (secondary N) is 1. The van der Waals surface area contributed by atoms with Gasteiger partial charge in [-0.2, -0.15) is 12.7 Å². The van der Waals surface area contributed by atoms with Crippen LogP contribution < -0.4 is 9.62 Å². The molecule has 0 aliphatic heterocycles. The Morgan fingerprint density at radius 2 is 1.62 bits per heavy atom. The van der Waals surface area contributed by atoms with Crippen molar-refractivity contribution in [1.29, 1.82) is 0 Å². The summed E-state index contributed by atoms with van der Waals surface area (Å²) < 4.78 is 55.0. The van der Waals surface area contributed by atoms with Gasteiger partial charge in [0.15, 0.2) is 0 Å². The number of hydrogen-bond donors (Lipinski definition) is 1. The first-order chi connectivity index (χ1) is 15.0. The third-order valence-corrected chi connectivity index (χ3v) is 6.63. The van der Waals surface area contributed by atoms with Crippen molar-refractivity contribution in [2.45, 2.75) is 19.5 Å². The van der Waals surface area contributed by atoms with Gasteiger partial charge in [0, 0.05) is 27.7 Å². The number of halogens is 2. The number of benzene rings is 2. The molecule has 0 saturated carbocycles. The van der Waals surface area contributed by atoms with Crippen molar-refractivity contribution in [3.63, 3.8) is 0 Å². The highest BCUT2D eigenvalue weighted by atomic mass is 32.2. The molecule has 1 N–H and O–H groups in total. The van der Waals surface area contributed by atoms with Crippen molar-refractivity contribution in [2.75, 3.05) is 32.0 Å². The van der Waals surface area contributed by atoms with Gasteiger partial charge in [-0.15, -0.1) is 0 Å². The molecule has 0 radical (unpaired) electrons. The zero-order chi connectivity index (χ0) is 24.1. The van der Waals surface area contributed by atoms with Crippen LogP contribution >= 0.6 is 0 Å². The van der Waals surface area contributed by atoms with Gasteiger partial charge >= 0.3 is 10.2 Å². The molecule has 2 aromatic carbocycles. The zero-order valence-electron chi connectivity index (χ0n) is 18.2. The fourth-order valence-electron chi connectivity index (χ4n) is 2.93. The molecule has 0 spiro atoms. The molecule has 8 nitrogen and oxygen atoms in total. The molecule has 0 aromatic heterocycles. The summed E-state index contributed by atoms with van der Waals surface area (Å²) in [7, 11) is -0.318. The molecular weight excluding hydrogens is 442 g/mol. The Bertz CT molecular complexity index is 1060. The standard InChI is InChI=1S/C21H26F2N4O4S/c1-15(21(29)24-2)26(13-16-9-11-17(22)12-10-16)20(28)14-27(32(30,31)25(3)4)19-8-6-5-7-18(19)23/h5-12,15H,13-14H2,1-4H3,(H,24,29)/t15-/m1/s1. The Labute approximate surface area is 186 Å². The summed E-state index contributed by atoms with van der Waals surface area (Å²) in [4.78, 5) is 26.7. The summed E-state index contributed by atoms with van der Waals surface area (Å²) in [5.41, 5.74) is 0.229. The maximum absolute atomic E-state index is 14.5. The normalized spacial score (nSPS) is 12.3. The molecule has 0 aliphatic carbocycles. The monoisotopic (exact) mass is 468 g/mol. The second-order valence-electron chi connectivity index (χ2n) is 7.19. The van der Waals surface area contributed by atoms with Crippen molar-refractivity contribution in [2.24, 2.45) is 0 Å². The van der Waals surface area contributed by atoms with Crippen LogP contribution in [0.1, 0.15) is 12.5 Å². The quantitative estimate of drug-likeness (QED) is 0.607. The van der Waals surface area contributed by atoms with E-state index in [4.69, 9.17) is 0 Å². The smallest absolute Gasteiger partial charge is 0.304 e. The minimum atomic E-state index is -4.24. The second kappa shape index (κ2) is 10.5. The van der Waals surface area contributed by atoms with Gasteiger partial charge in [-0.1, -0.05) is 24.3 Å². The number of amides is 2. The summed E-state index contributed by atoms with van der Waals surface area (Å²) in [5, 5.41) is 2.44. The van der Waals surface area contributed by atoms with E-state index in [0.717, 1.165) is 15.3 Å². The Morgan fingerprint density at radius 3 is 2.16 bits per heavy atom.